The maximum Gasteiger partial charge on any atom is 0.316 e. The summed E-state index contributed by atoms with van der Waals surface area (Å²) in [5.74, 6) is 0.404. The van der Waals surface area contributed by atoms with Crippen LogP contribution in [0.5, 0.6) is 0 Å². The van der Waals surface area contributed by atoms with Crippen molar-refractivity contribution in [3.8, 4) is 11.3 Å². The van der Waals surface area contributed by atoms with Crippen LogP contribution in [0.2, 0.25) is 0 Å². The van der Waals surface area contributed by atoms with Gasteiger partial charge in [-0.15, -0.1) is 0 Å². The van der Waals surface area contributed by atoms with Crippen molar-refractivity contribution in [3.05, 3.63) is 40.3 Å². The summed E-state index contributed by atoms with van der Waals surface area (Å²) in [5, 5.41) is 14.3. The summed E-state index contributed by atoms with van der Waals surface area (Å²) < 4.78 is 0. The van der Waals surface area contributed by atoms with E-state index in [1.807, 2.05) is 6.92 Å². The van der Waals surface area contributed by atoms with E-state index in [0.717, 1.165) is 6.42 Å². The fourth-order valence-electron chi connectivity index (χ4n) is 1.81. The van der Waals surface area contributed by atoms with E-state index in [1.165, 1.54) is 0 Å². The second kappa shape index (κ2) is 6.05. The van der Waals surface area contributed by atoms with Crippen LogP contribution in [-0.2, 0) is 0 Å². The summed E-state index contributed by atoms with van der Waals surface area (Å²) in [6, 6.07) is 3.39. The molecule has 0 unspecified atom stereocenters. The minimum atomic E-state index is -0.450. The number of aryl methyl sites for hydroxylation is 1. The summed E-state index contributed by atoms with van der Waals surface area (Å²) in [6.07, 6.45) is 4.08. The largest absolute Gasteiger partial charge is 0.354 e. The molecule has 0 saturated heterocycles. The average Bonchev–Trinajstić information content (AvgIpc) is 2.45. The monoisotopic (exact) mass is 273 g/mol. The van der Waals surface area contributed by atoms with Gasteiger partial charge < -0.3 is 5.32 Å². The third kappa shape index (κ3) is 2.87. The van der Waals surface area contributed by atoms with E-state index in [1.54, 1.807) is 31.5 Å². The molecule has 2 rings (SSSR count). The first-order valence-electron chi connectivity index (χ1n) is 6.30. The Hall–Kier alpha value is -2.57. The van der Waals surface area contributed by atoms with Crippen molar-refractivity contribution in [1.29, 1.82) is 0 Å². The molecule has 20 heavy (non-hydrogen) atoms. The van der Waals surface area contributed by atoms with Crippen molar-refractivity contribution >= 4 is 11.6 Å². The summed E-state index contributed by atoms with van der Waals surface area (Å²) >= 11 is 0. The summed E-state index contributed by atoms with van der Waals surface area (Å²) in [4.78, 5) is 23.1. The number of aromatic nitrogens is 3. The fourth-order valence-corrected chi connectivity index (χ4v) is 1.81. The quantitative estimate of drug-likeness (QED) is 0.664. The number of rotatable bonds is 5. The van der Waals surface area contributed by atoms with E-state index < -0.39 is 4.92 Å². The first-order valence-corrected chi connectivity index (χ1v) is 6.30. The van der Waals surface area contributed by atoms with Gasteiger partial charge >= 0.3 is 5.69 Å². The molecule has 0 aliphatic carbocycles. The molecule has 0 bridgehead atoms. The van der Waals surface area contributed by atoms with Crippen LogP contribution in [0.4, 0.5) is 11.6 Å². The van der Waals surface area contributed by atoms with Gasteiger partial charge in [0.1, 0.15) is 5.69 Å². The van der Waals surface area contributed by atoms with Gasteiger partial charge in [-0.1, -0.05) is 6.92 Å². The van der Waals surface area contributed by atoms with Crippen LogP contribution in [-0.4, -0.2) is 26.4 Å². The van der Waals surface area contributed by atoms with Gasteiger partial charge in [-0.25, -0.2) is 9.97 Å². The van der Waals surface area contributed by atoms with E-state index in [-0.39, 0.29) is 5.69 Å². The minimum Gasteiger partial charge on any atom is -0.354 e. The van der Waals surface area contributed by atoms with Crippen molar-refractivity contribution in [1.82, 2.24) is 15.0 Å². The molecule has 0 aliphatic heterocycles. The number of nitrogens with one attached hydrogen (secondary N) is 1. The van der Waals surface area contributed by atoms with Gasteiger partial charge in [-0.05, 0) is 25.5 Å². The summed E-state index contributed by atoms with van der Waals surface area (Å²) in [6.45, 7) is 4.35. The Morgan fingerprint density at radius 3 is 2.60 bits per heavy atom. The van der Waals surface area contributed by atoms with Crippen LogP contribution in [0.15, 0.2) is 24.5 Å². The van der Waals surface area contributed by atoms with Crippen LogP contribution >= 0.6 is 0 Å². The number of hydrogen-bond donors (Lipinski definition) is 1. The number of pyridine rings is 1. The predicted octanol–water partition coefficient (Wildman–Crippen LogP) is 2.58. The Labute approximate surface area is 116 Å². The van der Waals surface area contributed by atoms with Crippen molar-refractivity contribution < 1.29 is 4.92 Å². The maximum atomic E-state index is 11.2. The zero-order chi connectivity index (χ0) is 14.5. The first kappa shape index (κ1) is 13.9. The standard InChI is InChI=1S/C13H15N5O2/c1-3-6-15-13-16-9(2)12(18(19)20)11(17-13)10-4-7-14-8-5-10/h4-5,7-8H,3,6H2,1-2H3,(H,15,16,17). The van der Waals surface area contributed by atoms with E-state index in [2.05, 4.69) is 20.3 Å². The molecule has 0 atom stereocenters. The van der Waals surface area contributed by atoms with Gasteiger partial charge in [-0.3, -0.25) is 15.1 Å². The molecular weight excluding hydrogens is 258 g/mol. The number of anilines is 1. The molecule has 0 aliphatic rings. The van der Waals surface area contributed by atoms with Crippen LogP contribution in [0, 0.1) is 17.0 Å². The summed E-state index contributed by atoms with van der Waals surface area (Å²) in [7, 11) is 0. The van der Waals surface area contributed by atoms with Crippen molar-refractivity contribution in [2.75, 3.05) is 11.9 Å². The molecule has 7 nitrogen and oxygen atoms in total. The highest BCUT2D eigenvalue weighted by Gasteiger charge is 2.23. The fraction of sp³-hybridized carbons (Fsp3) is 0.308. The predicted molar refractivity (Wildman–Crippen MR) is 75.4 cm³/mol. The molecule has 7 heteroatoms. The molecule has 2 aromatic rings. The van der Waals surface area contributed by atoms with E-state index in [9.17, 15) is 10.1 Å². The van der Waals surface area contributed by atoms with Gasteiger partial charge in [0.15, 0.2) is 5.69 Å². The second-order valence-corrected chi connectivity index (χ2v) is 4.25. The Kier molecular flexibility index (Phi) is 4.19. The SMILES string of the molecule is CCCNc1nc(C)c([N+](=O)[O-])c(-c2ccncc2)n1. The van der Waals surface area contributed by atoms with Gasteiger partial charge in [0.25, 0.3) is 0 Å². The van der Waals surface area contributed by atoms with Crippen LogP contribution in [0.25, 0.3) is 11.3 Å². The first-order chi connectivity index (χ1) is 9.63. The van der Waals surface area contributed by atoms with Crippen molar-refractivity contribution in [2.45, 2.75) is 20.3 Å². The molecular formula is C13H15N5O2. The van der Waals surface area contributed by atoms with Gasteiger partial charge in [0, 0.05) is 24.5 Å². The third-order valence-corrected chi connectivity index (χ3v) is 2.73. The Balaban J connectivity index is 2.56. The normalized spacial score (nSPS) is 10.3. The van der Waals surface area contributed by atoms with Crippen LogP contribution < -0.4 is 5.32 Å². The highest BCUT2D eigenvalue weighted by Crippen LogP contribution is 2.30. The maximum absolute atomic E-state index is 11.2. The zero-order valence-electron chi connectivity index (χ0n) is 11.3. The van der Waals surface area contributed by atoms with E-state index in [0.29, 0.717) is 29.4 Å². The van der Waals surface area contributed by atoms with Gasteiger partial charge in [0.2, 0.25) is 5.95 Å². The van der Waals surface area contributed by atoms with Crippen molar-refractivity contribution in [3.63, 3.8) is 0 Å². The molecule has 0 radical (unpaired) electrons. The smallest absolute Gasteiger partial charge is 0.316 e. The lowest BCUT2D eigenvalue weighted by Gasteiger charge is -2.08. The third-order valence-electron chi connectivity index (χ3n) is 2.73. The molecule has 0 saturated carbocycles. The summed E-state index contributed by atoms with van der Waals surface area (Å²) in [5.41, 5.74) is 1.23. The molecule has 104 valence electrons. The lowest BCUT2D eigenvalue weighted by Crippen LogP contribution is -2.08. The lowest BCUT2D eigenvalue weighted by molar-refractivity contribution is -0.385. The molecule has 0 fully saturated rings. The molecule has 0 spiro atoms. The number of hydrogen-bond acceptors (Lipinski definition) is 6. The number of nitrogens with zero attached hydrogens (tertiary/aromatic N) is 4. The molecule has 1 N–H and O–H groups in total. The number of nitro groups is 1. The van der Waals surface area contributed by atoms with Gasteiger partial charge in [-0.2, -0.15) is 0 Å². The van der Waals surface area contributed by atoms with Gasteiger partial charge in [0.05, 0.1) is 4.92 Å². The second-order valence-electron chi connectivity index (χ2n) is 4.25. The Morgan fingerprint density at radius 1 is 1.30 bits per heavy atom. The molecule has 2 aromatic heterocycles. The highest BCUT2D eigenvalue weighted by molar-refractivity contribution is 5.71. The lowest BCUT2D eigenvalue weighted by atomic mass is 10.1. The van der Waals surface area contributed by atoms with Crippen LogP contribution in [0.1, 0.15) is 19.0 Å². The topological polar surface area (TPSA) is 93.8 Å². The highest BCUT2D eigenvalue weighted by atomic mass is 16.6. The average molecular weight is 273 g/mol. The molecule has 0 aromatic carbocycles. The Bertz CT molecular complexity index is 616. The van der Waals surface area contributed by atoms with Crippen LogP contribution in [0.3, 0.4) is 0 Å². The van der Waals surface area contributed by atoms with E-state index in [4.69, 9.17) is 0 Å². The minimum absolute atomic E-state index is 0.0711. The molecule has 2 heterocycles. The zero-order valence-corrected chi connectivity index (χ0v) is 11.3. The Morgan fingerprint density at radius 2 is 2.00 bits per heavy atom. The van der Waals surface area contributed by atoms with E-state index >= 15 is 0 Å². The molecule has 0 amide bonds. The van der Waals surface area contributed by atoms with Crippen molar-refractivity contribution in [2.24, 2.45) is 0 Å².